The quantitative estimate of drug-likeness (QED) is 0.307. The molecule has 0 aliphatic carbocycles. The molecule has 4 N–H and O–H groups in total. The maximum absolute atomic E-state index is 13.4. The van der Waals surface area contributed by atoms with Gasteiger partial charge in [-0.3, -0.25) is 19.3 Å². The van der Waals surface area contributed by atoms with E-state index in [1.165, 1.54) is 7.11 Å². The zero-order chi connectivity index (χ0) is 30.8. The molecule has 0 spiro atoms. The van der Waals surface area contributed by atoms with Crippen LogP contribution in [0.1, 0.15) is 47.2 Å². The number of rotatable bonds is 6. The molecule has 0 radical (unpaired) electrons. The van der Waals surface area contributed by atoms with Gasteiger partial charge >= 0.3 is 0 Å². The molecule has 0 saturated carbocycles. The lowest BCUT2D eigenvalue weighted by molar-refractivity contribution is -0.123. The number of fused-ring (bicyclic) bond motifs is 7. The highest BCUT2D eigenvalue weighted by Crippen LogP contribution is 2.29. The van der Waals surface area contributed by atoms with Crippen LogP contribution < -0.4 is 24.8 Å². The fourth-order valence-corrected chi connectivity index (χ4v) is 5.12. The van der Waals surface area contributed by atoms with E-state index >= 15 is 0 Å². The van der Waals surface area contributed by atoms with Crippen molar-refractivity contribution in [2.24, 2.45) is 0 Å². The monoisotopic (exact) mass is 613 g/mol. The maximum Gasteiger partial charge on any atom is 0.290 e. The molecule has 1 saturated heterocycles. The minimum absolute atomic E-state index is 0.210. The van der Waals surface area contributed by atoms with Crippen LogP contribution in [0.2, 0.25) is 5.15 Å². The van der Waals surface area contributed by atoms with Crippen LogP contribution in [0.15, 0.2) is 42.5 Å². The zero-order valence-corrected chi connectivity index (χ0v) is 24.9. The first kappa shape index (κ1) is 31.6. The van der Waals surface area contributed by atoms with E-state index in [1.807, 2.05) is 24.3 Å². The average Bonchev–Trinajstić information content (AvgIpc) is 3.55. The largest absolute Gasteiger partial charge is 0.493 e. The second-order valence-corrected chi connectivity index (χ2v) is 10.5. The van der Waals surface area contributed by atoms with Crippen molar-refractivity contribution in [1.29, 1.82) is 0 Å². The number of aromatic nitrogens is 2. The first-order valence-corrected chi connectivity index (χ1v) is 14.4. The van der Waals surface area contributed by atoms with Gasteiger partial charge < -0.3 is 34.9 Å². The van der Waals surface area contributed by atoms with Crippen molar-refractivity contribution in [3.63, 3.8) is 0 Å². The van der Waals surface area contributed by atoms with Gasteiger partial charge in [-0.2, -0.15) is 0 Å². The number of benzene rings is 2. The van der Waals surface area contributed by atoms with Crippen LogP contribution in [-0.2, 0) is 29.1 Å². The molecule has 3 aliphatic rings. The Hall–Kier alpha value is -4.29. The van der Waals surface area contributed by atoms with Gasteiger partial charge in [-0.25, -0.2) is 4.98 Å². The summed E-state index contributed by atoms with van der Waals surface area (Å²) in [6.45, 7) is 3.74. The predicted molar refractivity (Wildman–Crippen MR) is 159 cm³/mol. The minimum atomic E-state index is -0.305. The number of aryl methyl sites for hydroxylation is 1. The summed E-state index contributed by atoms with van der Waals surface area (Å²) in [4.78, 5) is 44.1. The summed E-state index contributed by atoms with van der Waals surface area (Å²) >= 11 is 6.46. The fourth-order valence-electron chi connectivity index (χ4n) is 4.91. The number of ether oxygens (including phenoxy) is 3. The number of hydrogen-bond acceptors (Lipinski definition) is 8. The summed E-state index contributed by atoms with van der Waals surface area (Å²) in [5.74, 6) is 1.75. The molecule has 3 aliphatic heterocycles. The molecule has 43 heavy (non-hydrogen) atoms. The number of carbonyl (C=O) groups excluding carboxylic acids is 2. The average molecular weight is 614 g/mol. The number of nitrogens with one attached hydrogen (secondary N) is 3. The van der Waals surface area contributed by atoms with Crippen molar-refractivity contribution >= 4 is 29.9 Å². The van der Waals surface area contributed by atoms with Gasteiger partial charge in [-0.1, -0.05) is 37.1 Å². The lowest BCUT2D eigenvalue weighted by Crippen LogP contribution is -2.45. The van der Waals surface area contributed by atoms with E-state index in [0.717, 1.165) is 36.3 Å². The fraction of sp³-hybridized carbons (Fsp3) is 0.400. The van der Waals surface area contributed by atoms with Gasteiger partial charge in [0.15, 0.2) is 23.3 Å². The third-order valence-electron chi connectivity index (χ3n) is 7.07. The van der Waals surface area contributed by atoms with Gasteiger partial charge in [0.2, 0.25) is 0 Å². The lowest BCUT2D eigenvalue weighted by Gasteiger charge is -2.21. The Morgan fingerprint density at radius 1 is 1.19 bits per heavy atom. The molecule has 2 amide bonds. The van der Waals surface area contributed by atoms with E-state index in [-0.39, 0.29) is 37.0 Å². The third-order valence-corrected chi connectivity index (χ3v) is 7.38. The predicted octanol–water partition coefficient (Wildman–Crippen LogP) is 3.19. The smallest absolute Gasteiger partial charge is 0.290 e. The number of methoxy groups -OCH3 is 1. The standard InChI is InChI=1S/C29H34ClN5O5.CH2O2/c1-3-4-5-26-32-22(28(30)34-26)15-35-14-21-25(16-35)40-20-9-6-18(7-10-20)13-31-27(36)17-39-24-12-19(29(37)33-21)8-11-23(24)38-2;2-1-3/h6-12,21,25H,3-5,13-17H2,1-2H3,(H,31,36)(H,32,34)(H,33,37);1H,(H,2,3)/t21-,25-;/m0./s1. The SMILES string of the molecule is CCCCc1nc(Cl)c(CN2C[C@@H]3NC(=O)c4ccc(OC)c(c4)OCC(=O)NCc4ccc(cc4)O[C@H]3C2)[nH]1.O=CO. The molecule has 0 unspecified atom stereocenters. The Labute approximate surface area is 254 Å². The van der Waals surface area contributed by atoms with E-state index in [1.54, 1.807) is 18.2 Å². The van der Waals surface area contributed by atoms with Crippen molar-refractivity contribution < 1.29 is 33.7 Å². The number of carbonyl (C=O) groups is 3. The normalized spacial score (nSPS) is 18.6. The van der Waals surface area contributed by atoms with Crippen molar-refractivity contribution in [3.8, 4) is 17.2 Å². The number of nitrogens with zero attached hydrogens (tertiary/aromatic N) is 2. The third kappa shape index (κ3) is 8.62. The molecule has 13 heteroatoms. The number of hydrogen-bond donors (Lipinski definition) is 4. The number of likely N-dealkylation sites (tertiary alicyclic amines) is 1. The van der Waals surface area contributed by atoms with Crippen LogP contribution >= 0.6 is 11.6 Å². The van der Waals surface area contributed by atoms with Crippen LogP contribution in [0.5, 0.6) is 17.2 Å². The summed E-state index contributed by atoms with van der Waals surface area (Å²) in [7, 11) is 1.51. The van der Waals surface area contributed by atoms with Crippen LogP contribution in [-0.4, -0.2) is 77.2 Å². The molecular formula is C30H36ClN5O7. The molecule has 1 aromatic heterocycles. The van der Waals surface area contributed by atoms with Gasteiger partial charge in [0, 0.05) is 38.2 Å². The van der Waals surface area contributed by atoms with E-state index in [0.29, 0.717) is 54.1 Å². The van der Waals surface area contributed by atoms with E-state index < -0.39 is 0 Å². The summed E-state index contributed by atoms with van der Waals surface area (Å²) in [5, 5.41) is 13.3. The molecule has 12 nitrogen and oxygen atoms in total. The Morgan fingerprint density at radius 2 is 1.95 bits per heavy atom. The molecule has 6 rings (SSSR count). The molecule has 2 aromatic carbocycles. The summed E-state index contributed by atoms with van der Waals surface area (Å²) in [6.07, 6.45) is 2.67. The second kappa shape index (κ2) is 15.3. The van der Waals surface area contributed by atoms with E-state index in [2.05, 4.69) is 32.4 Å². The van der Waals surface area contributed by atoms with Gasteiger partial charge in [0.25, 0.3) is 18.3 Å². The number of halogens is 1. The van der Waals surface area contributed by atoms with E-state index in [4.69, 9.17) is 35.7 Å². The van der Waals surface area contributed by atoms with Crippen LogP contribution in [0.4, 0.5) is 0 Å². The number of imidazole rings is 1. The van der Waals surface area contributed by atoms with Crippen molar-refractivity contribution in [2.45, 2.75) is 51.4 Å². The highest BCUT2D eigenvalue weighted by Gasteiger charge is 2.36. The summed E-state index contributed by atoms with van der Waals surface area (Å²) in [5.41, 5.74) is 2.17. The van der Waals surface area contributed by atoms with Crippen molar-refractivity contribution in [3.05, 3.63) is 70.3 Å². The second-order valence-electron chi connectivity index (χ2n) is 10.2. The van der Waals surface area contributed by atoms with Crippen LogP contribution in [0.3, 0.4) is 0 Å². The van der Waals surface area contributed by atoms with Gasteiger partial charge in [0.1, 0.15) is 17.7 Å². The van der Waals surface area contributed by atoms with Crippen molar-refractivity contribution in [2.75, 3.05) is 26.8 Å². The molecule has 4 heterocycles. The maximum atomic E-state index is 13.4. The zero-order valence-electron chi connectivity index (χ0n) is 24.1. The number of unbranched alkanes of at least 4 members (excludes halogenated alkanes) is 1. The van der Waals surface area contributed by atoms with Crippen LogP contribution in [0.25, 0.3) is 0 Å². The number of aromatic amines is 1. The Morgan fingerprint density at radius 3 is 2.67 bits per heavy atom. The van der Waals surface area contributed by atoms with Gasteiger partial charge in [-0.05, 0) is 42.3 Å². The summed E-state index contributed by atoms with van der Waals surface area (Å²) in [6, 6.07) is 12.2. The van der Waals surface area contributed by atoms with Gasteiger partial charge in [0.05, 0.1) is 18.8 Å². The van der Waals surface area contributed by atoms with E-state index in [9.17, 15) is 9.59 Å². The Bertz CT molecular complexity index is 1400. The molecule has 230 valence electrons. The summed E-state index contributed by atoms with van der Waals surface area (Å²) < 4.78 is 17.5. The van der Waals surface area contributed by atoms with Gasteiger partial charge in [-0.15, -0.1) is 0 Å². The molecule has 4 bridgehead atoms. The Kier molecular flexibility index (Phi) is 11.2. The molecule has 1 fully saturated rings. The Balaban J connectivity index is 0.00000135. The number of amides is 2. The van der Waals surface area contributed by atoms with Crippen LogP contribution in [0, 0.1) is 0 Å². The highest BCUT2D eigenvalue weighted by atomic mass is 35.5. The molecular weight excluding hydrogens is 578 g/mol. The number of carboxylic acid groups (broad SMARTS) is 1. The van der Waals surface area contributed by atoms with Crippen molar-refractivity contribution in [1.82, 2.24) is 25.5 Å². The molecule has 2 atom stereocenters. The lowest BCUT2D eigenvalue weighted by atomic mass is 10.1. The molecule has 3 aromatic rings. The highest BCUT2D eigenvalue weighted by molar-refractivity contribution is 6.30. The first-order valence-electron chi connectivity index (χ1n) is 14.0. The number of H-pyrrole nitrogens is 1. The minimum Gasteiger partial charge on any atom is -0.493 e. The topological polar surface area (TPSA) is 155 Å². The first-order chi connectivity index (χ1) is 20.8.